The molecule has 0 spiro atoms. The van der Waals surface area contributed by atoms with Gasteiger partial charge in [-0.05, 0) is 18.4 Å². The molecule has 2 heteroatoms. The minimum atomic E-state index is 0.201. The van der Waals surface area contributed by atoms with Gasteiger partial charge >= 0.3 is 0 Å². The Balaban J connectivity index is 2.24. The predicted molar refractivity (Wildman–Crippen MR) is 75.5 cm³/mol. The first-order chi connectivity index (χ1) is 8.86. The number of hydrogen-bond acceptors (Lipinski definition) is 2. The third-order valence-electron chi connectivity index (χ3n) is 3.16. The summed E-state index contributed by atoms with van der Waals surface area (Å²) in [6.45, 7) is 3.09. The molecular formula is C16H26O2. The summed E-state index contributed by atoms with van der Waals surface area (Å²) in [4.78, 5) is 0. The number of aliphatic hydroxyl groups is 1. The van der Waals surface area contributed by atoms with Gasteiger partial charge in [-0.2, -0.15) is 0 Å². The van der Waals surface area contributed by atoms with Gasteiger partial charge < -0.3 is 9.84 Å². The standard InChI is InChI=1S/C16H26O2/c1-2-3-4-8-11-16(12-13-17)18-14-15-9-6-5-7-10-15/h5-7,9-10,16-17H,2-4,8,11-14H2,1H3/t16-/m1/s1. The molecule has 0 saturated carbocycles. The molecule has 2 nitrogen and oxygen atoms in total. The van der Waals surface area contributed by atoms with Crippen LogP contribution >= 0.6 is 0 Å². The van der Waals surface area contributed by atoms with Crippen molar-refractivity contribution < 1.29 is 9.84 Å². The molecule has 0 heterocycles. The lowest BCUT2D eigenvalue weighted by Gasteiger charge is -2.17. The molecule has 1 atom stereocenters. The molecule has 0 aliphatic carbocycles. The van der Waals surface area contributed by atoms with E-state index >= 15 is 0 Å². The highest BCUT2D eigenvalue weighted by atomic mass is 16.5. The Hall–Kier alpha value is -0.860. The van der Waals surface area contributed by atoms with Crippen molar-refractivity contribution in [2.45, 2.75) is 58.2 Å². The zero-order valence-electron chi connectivity index (χ0n) is 11.5. The Morgan fingerprint density at radius 3 is 2.50 bits per heavy atom. The number of unbranched alkanes of at least 4 members (excludes halogenated alkanes) is 3. The molecule has 0 unspecified atom stereocenters. The first kappa shape index (κ1) is 15.2. The van der Waals surface area contributed by atoms with E-state index in [1.165, 1.54) is 31.2 Å². The maximum Gasteiger partial charge on any atom is 0.0720 e. The second-order valence-corrected chi connectivity index (χ2v) is 4.78. The van der Waals surface area contributed by atoms with Crippen LogP contribution in [-0.2, 0) is 11.3 Å². The van der Waals surface area contributed by atoms with Crippen LogP contribution in [0.4, 0.5) is 0 Å². The summed E-state index contributed by atoms with van der Waals surface area (Å²) < 4.78 is 5.89. The number of hydrogen-bond donors (Lipinski definition) is 1. The lowest BCUT2D eigenvalue weighted by molar-refractivity contribution is 0.0174. The van der Waals surface area contributed by atoms with Gasteiger partial charge in [-0.3, -0.25) is 0 Å². The Bertz CT molecular complexity index is 284. The molecule has 1 aromatic carbocycles. The van der Waals surface area contributed by atoms with Crippen LogP contribution in [0.2, 0.25) is 0 Å². The molecule has 0 bridgehead atoms. The highest BCUT2D eigenvalue weighted by molar-refractivity contribution is 5.13. The predicted octanol–water partition coefficient (Wildman–Crippen LogP) is 3.92. The van der Waals surface area contributed by atoms with E-state index in [1.54, 1.807) is 0 Å². The molecule has 1 aromatic rings. The van der Waals surface area contributed by atoms with Gasteiger partial charge in [-0.1, -0.05) is 62.9 Å². The van der Waals surface area contributed by atoms with Crippen molar-refractivity contribution in [1.29, 1.82) is 0 Å². The van der Waals surface area contributed by atoms with E-state index in [1.807, 2.05) is 18.2 Å². The molecule has 0 fully saturated rings. The van der Waals surface area contributed by atoms with Gasteiger partial charge in [0.2, 0.25) is 0 Å². The highest BCUT2D eigenvalue weighted by Crippen LogP contribution is 2.13. The number of rotatable bonds is 10. The van der Waals surface area contributed by atoms with E-state index in [0.29, 0.717) is 6.61 Å². The normalized spacial score (nSPS) is 12.6. The van der Waals surface area contributed by atoms with Gasteiger partial charge in [0.1, 0.15) is 0 Å². The quantitative estimate of drug-likeness (QED) is 0.638. The van der Waals surface area contributed by atoms with Gasteiger partial charge in [0.15, 0.2) is 0 Å². The summed E-state index contributed by atoms with van der Waals surface area (Å²) >= 11 is 0. The third-order valence-corrected chi connectivity index (χ3v) is 3.16. The molecule has 18 heavy (non-hydrogen) atoms. The van der Waals surface area contributed by atoms with E-state index in [0.717, 1.165) is 12.8 Å². The fourth-order valence-corrected chi connectivity index (χ4v) is 2.04. The smallest absolute Gasteiger partial charge is 0.0720 e. The van der Waals surface area contributed by atoms with Crippen molar-refractivity contribution in [2.24, 2.45) is 0 Å². The molecule has 0 amide bonds. The summed E-state index contributed by atoms with van der Waals surface area (Å²) in [5.74, 6) is 0. The molecule has 1 rings (SSSR count). The second-order valence-electron chi connectivity index (χ2n) is 4.78. The van der Waals surface area contributed by atoms with E-state index in [9.17, 15) is 0 Å². The molecule has 102 valence electrons. The van der Waals surface area contributed by atoms with Crippen LogP contribution in [0.5, 0.6) is 0 Å². The van der Waals surface area contributed by atoms with Crippen molar-refractivity contribution >= 4 is 0 Å². The Morgan fingerprint density at radius 1 is 1.06 bits per heavy atom. The molecule has 0 aromatic heterocycles. The summed E-state index contributed by atoms with van der Waals surface area (Å²) in [5.41, 5.74) is 1.20. The average Bonchev–Trinajstić information content (AvgIpc) is 2.42. The van der Waals surface area contributed by atoms with E-state index < -0.39 is 0 Å². The van der Waals surface area contributed by atoms with Crippen molar-refractivity contribution in [2.75, 3.05) is 6.61 Å². The third kappa shape index (κ3) is 6.77. The van der Waals surface area contributed by atoms with Crippen LogP contribution in [0.25, 0.3) is 0 Å². The van der Waals surface area contributed by atoms with Gasteiger partial charge in [-0.25, -0.2) is 0 Å². The summed E-state index contributed by atoms with van der Waals surface area (Å²) in [6, 6.07) is 10.2. The first-order valence-electron chi connectivity index (χ1n) is 7.13. The molecule has 1 N–H and O–H groups in total. The van der Waals surface area contributed by atoms with Crippen molar-refractivity contribution in [3.63, 3.8) is 0 Å². The van der Waals surface area contributed by atoms with Crippen LogP contribution in [0.15, 0.2) is 30.3 Å². The topological polar surface area (TPSA) is 29.5 Å². The Labute approximate surface area is 111 Å². The number of ether oxygens (including phenoxy) is 1. The van der Waals surface area contributed by atoms with E-state index in [-0.39, 0.29) is 12.7 Å². The lowest BCUT2D eigenvalue weighted by Crippen LogP contribution is -2.14. The van der Waals surface area contributed by atoms with Crippen molar-refractivity contribution in [3.8, 4) is 0 Å². The van der Waals surface area contributed by atoms with Crippen molar-refractivity contribution in [1.82, 2.24) is 0 Å². The van der Waals surface area contributed by atoms with Gasteiger partial charge in [0.25, 0.3) is 0 Å². The second kappa shape index (κ2) is 10.1. The molecule has 0 radical (unpaired) electrons. The monoisotopic (exact) mass is 250 g/mol. The molecule has 0 aliphatic rings. The minimum Gasteiger partial charge on any atom is -0.396 e. The Morgan fingerprint density at radius 2 is 1.83 bits per heavy atom. The molecule has 0 saturated heterocycles. The molecule has 0 aliphatic heterocycles. The van der Waals surface area contributed by atoms with E-state index in [4.69, 9.17) is 9.84 Å². The van der Waals surface area contributed by atoms with Crippen LogP contribution < -0.4 is 0 Å². The maximum absolute atomic E-state index is 9.06. The largest absolute Gasteiger partial charge is 0.396 e. The Kier molecular flexibility index (Phi) is 8.53. The van der Waals surface area contributed by atoms with Crippen LogP contribution in [-0.4, -0.2) is 17.8 Å². The van der Waals surface area contributed by atoms with Crippen LogP contribution in [0.1, 0.15) is 51.0 Å². The van der Waals surface area contributed by atoms with Crippen molar-refractivity contribution in [3.05, 3.63) is 35.9 Å². The SMILES string of the molecule is CCCCCC[C@H](CCO)OCc1ccccc1. The lowest BCUT2D eigenvalue weighted by atomic mass is 10.1. The first-order valence-corrected chi connectivity index (χ1v) is 7.13. The maximum atomic E-state index is 9.06. The van der Waals surface area contributed by atoms with Crippen LogP contribution in [0, 0.1) is 0 Å². The highest BCUT2D eigenvalue weighted by Gasteiger charge is 2.08. The average molecular weight is 250 g/mol. The zero-order chi connectivity index (χ0) is 13.1. The molecular weight excluding hydrogens is 224 g/mol. The van der Waals surface area contributed by atoms with Gasteiger partial charge in [0, 0.05) is 6.61 Å². The fraction of sp³-hybridized carbons (Fsp3) is 0.625. The van der Waals surface area contributed by atoms with Gasteiger partial charge in [-0.15, -0.1) is 0 Å². The summed E-state index contributed by atoms with van der Waals surface area (Å²) in [7, 11) is 0. The fourth-order valence-electron chi connectivity index (χ4n) is 2.04. The number of aliphatic hydroxyl groups excluding tert-OH is 1. The van der Waals surface area contributed by atoms with E-state index in [2.05, 4.69) is 19.1 Å². The van der Waals surface area contributed by atoms with Gasteiger partial charge in [0.05, 0.1) is 12.7 Å². The van der Waals surface area contributed by atoms with Crippen LogP contribution in [0.3, 0.4) is 0 Å². The number of benzene rings is 1. The summed E-state index contributed by atoms with van der Waals surface area (Å²) in [6.07, 6.45) is 7.04. The zero-order valence-corrected chi connectivity index (χ0v) is 11.5. The summed E-state index contributed by atoms with van der Waals surface area (Å²) in [5, 5.41) is 9.06. The minimum absolute atomic E-state index is 0.201.